The Balaban J connectivity index is 2.20. The lowest BCUT2D eigenvalue weighted by molar-refractivity contribution is -0.140. The molecule has 0 fully saturated rings. The summed E-state index contributed by atoms with van der Waals surface area (Å²) in [6.07, 6.45) is 3.21. The molecule has 1 aromatic carbocycles. The van der Waals surface area contributed by atoms with E-state index in [4.69, 9.17) is 21.4 Å². The first-order valence-electron chi connectivity index (χ1n) is 6.10. The second-order valence-electron chi connectivity index (χ2n) is 4.59. The van der Waals surface area contributed by atoms with Crippen LogP contribution in [0.15, 0.2) is 35.2 Å². The standard InChI is InChI=1S/C13H14ClNO5S/c1-20-11-7-9(14)3-5-12(11)21(18,19)15-10-4-2-8(6-10)13(16)17/h2-5,7-8,10,15H,6H2,1H3,(H,16,17). The van der Waals surface area contributed by atoms with Gasteiger partial charge in [0.05, 0.1) is 13.0 Å². The number of methoxy groups -OCH3 is 1. The number of carbonyl (C=O) groups is 1. The van der Waals surface area contributed by atoms with Gasteiger partial charge in [-0.2, -0.15) is 0 Å². The Kier molecular flexibility index (Phi) is 4.55. The molecule has 21 heavy (non-hydrogen) atoms. The van der Waals surface area contributed by atoms with Gasteiger partial charge in [0, 0.05) is 17.1 Å². The second-order valence-corrected chi connectivity index (χ2v) is 6.71. The van der Waals surface area contributed by atoms with E-state index in [9.17, 15) is 13.2 Å². The third kappa shape index (κ3) is 3.55. The van der Waals surface area contributed by atoms with Crippen molar-refractivity contribution < 1.29 is 23.1 Å². The Hall–Kier alpha value is -1.57. The molecule has 8 heteroatoms. The number of rotatable bonds is 5. The topological polar surface area (TPSA) is 92.7 Å². The number of sulfonamides is 1. The van der Waals surface area contributed by atoms with Crippen molar-refractivity contribution in [2.24, 2.45) is 5.92 Å². The van der Waals surface area contributed by atoms with Crippen molar-refractivity contribution in [3.05, 3.63) is 35.4 Å². The maximum atomic E-state index is 12.3. The van der Waals surface area contributed by atoms with Gasteiger partial charge in [0.1, 0.15) is 10.6 Å². The van der Waals surface area contributed by atoms with Crippen LogP contribution in [0.1, 0.15) is 6.42 Å². The van der Waals surface area contributed by atoms with Gasteiger partial charge in [-0.25, -0.2) is 13.1 Å². The predicted octanol–water partition coefficient (Wildman–Crippen LogP) is 1.66. The molecule has 1 aromatic rings. The van der Waals surface area contributed by atoms with E-state index in [1.807, 2.05) is 0 Å². The molecule has 0 aromatic heterocycles. The van der Waals surface area contributed by atoms with Crippen LogP contribution in [0, 0.1) is 5.92 Å². The summed E-state index contributed by atoms with van der Waals surface area (Å²) in [6.45, 7) is 0. The third-order valence-electron chi connectivity index (χ3n) is 3.12. The third-order valence-corrected chi connectivity index (χ3v) is 4.89. The van der Waals surface area contributed by atoms with Gasteiger partial charge in [-0.3, -0.25) is 4.79 Å². The molecule has 0 bridgehead atoms. The van der Waals surface area contributed by atoms with Crippen LogP contribution in [0.4, 0.5) is 0 Å². The monoisotopic (exact) mass is 331 g/mol. The Morgan fingerprint density at radius 3 is 2.71 bits per heavy atom. The first-order chi connectivity index (χ1) is 9.83. The van der Waals surface area contributed by atoms with Gasteiger partial charge < -0.3 is 9.84 Å². The van der Waals surface area contributed by atoms with E-state index in [0.717, 1.165) is 0 Å². The fraction of sp³-hybridized carbons (Fsp3) is 0.308. The molecule has 114 valence electrons. The summed E-state index contributed by atoms with van der Waals surface area (Å²) in [5, 5.41) is 9.25. The lowest BCUT2D eigenvalue weighted by Gasteiger charge is -2.15. The minimum atomic E-state index is -3.83. The molecule has 1 aliphatic rings. The van der Waals surface area contributed by atoms with Crippen LogP contribution in [-0.2, 0) is 14.8 Å². The molecule has 2 unspecified atom stereocenters. The first kappa shape index (κ1) is 15.8. The highest BCUT2D eigenvalue weighted by molar-refractivity contribution is 7.89. The van der Waals surface area contributed by atoms with Gasteiger partial charge in [-0.05, 0) is 18.6 Å². The van der Waals surface area contributed by atoms with Crippen molar-refractivity contribution in [1.82, 2.24) is 4.72 Å². The van der Waals surface area contributed by atoms with E-state index in [1.165, 1.54) is 31.4 Å². The zero-order valence-electron chi connectivity index (χ0n) is 11.1. The van der Waals surface area contributed by atoms with E-state index < -0.39 is 28.0 Å². The van der Waals surface area contributed by atoms with Gasteiger partial charge in [-0.15, -0.1) is 0 Å². The molecule has 0 aliphatic heterocycles. The smallest absolute Gasteiger partial charge is 0.310 e. The molecule has 0 saturated heterocycles. The molecule has 1 aliphatic carbocycles. The maximum Gasteiger partial charge on any atom is 0.310 e. The number of nitrogens with one attached hydrogen (secondary N) is 1. The number of aliphatic carboxylic acids is 1. The number of carboxylic acids is 1. The van der Waals surface area contributed by atoms with Crippen LogP contribution in [0.25, 0.3) is 0 Å². The van der Waals surface area contributed by atoms with E-state index in [-0.39, 0.29) is 17.1 Å². The van der Waals surface area contributed by atoms with Gasteiger partial charge in [-0.1, -0.05) is 23.8 Å². The van der Waals surface area contributed by atoms with Crippen molar-refractivity contribution in [2.45, 2.75) is 17.4 Å². The van der Waals surface area contributed by atoms with E-state index in [1.54, 1.807) is 6.08 Å². The van der Waals surface area contributed by atoms with Gasteiger partial charge in [0.2, 0.25) is 10.0 Å². The van der Waals surface area contributed by atoms with E-state index in [2.05, 4.69) is 4.72 Å². The summed E-state index contributed by atoms with van der Waals surface area (Å²) < 4.78 is 32.2. The number of hydrogen-bond donors (Lipinski definition) is 2. The predicted molar refractivity (Wildman–Crippen MR) is 77.0 cm³/mol. The summed E-state index contributed by atoms with van der Waals surface area (Å²) in [4.78, 5) is 10.8. The highest BCUT2D eigenvalue weighted by Crippen LogP contribution is 2.28. The molecule has 6 nitrogen and oxygen atoms in total. The Labute approximate surface area is 127 Å². The SMILES string of the molecule is COc1cc(Cl)ccc1S(=O)(=O)NC1C=CC(C(=O)O)C1. The number of hydrogen-bond acceptors (Lipinski definition) is 4. The number of halogens is 1. The molecule has 0 heterocycles. The Morgan fingerprint density at radius 2 is 2.14 bits per heavy atom. The lowest BCUT2D eigenvalue weighted by atomic mass is 10.1. The molecular weight excluding hydrogens is 318 g/mol. The van der Waals surface area contributed by atoms with Crippen molar-refractivity contribution in [1.29, 1.82) is 0 Å². The molecule has 0 amide bonds. The summed E-state index contributed by atoms with van der Waals surface area (Å²) in [5.74, 6) is -1.52. The number of carboxylic acid groups (broad SMARTS) is 1. The zero-order chi connectivity index (χ0) is 15.6. The van der Waals surface area contributed by atoms with Crippen LogP contribution in [0.3, 0.4) is 0 Å². The maximum absolute atomic E-state index is 12.3. The van der Waals surface area contributed by atoms with Gasteiger partial charge in [0.25, 0.3) is 0 Å². The van der Waals surface area contributed by atoms with Gasteiger partial charge >= 0.3 is 5.97 Å². The summed E-state index contributed by atoms with van der Waals surface area (Å²) in [7, 11) is -2.48. The van der Waals surface area contributed by atoms with Crippen LogP contribution >= 0.6 is 11.6 Å². The fourth-order valence-corrected chi connectivity index (χ4v) is 3.61. The second kappa shape index (κ2) is 6.05. The Morgan fingerprint density at radius 1 is 1.43 bits per heavy atom. The van der Waals surface area contributed by atoms with E-state index >= 15 is 0 Å². The van der Waals surface area contributed by atoms with Crippen molar-refractivity contribution in [3.63, 3.8) is 0 Å². The molecule has 2 N–H and O–H groups in total. The highest BCUT2D eigenvalue weighted by atomic mass is 35.5. The van der Waals surface area contributed by atoms with Crippen LogP contribution in [0.2, 0.25) is 5.02 Å². The summed E-state index contributed by atoms with van der Waals surface area (Å²) in [5.41, 5.74) is 0. The van der Waals surface area contributed by atoms with E-state index in [0.29, 0.717) is 5.02 Å². The van der Waals surface area contributed by atoms with Crippen LogP contribution in [-0.4, -0.2) is 32.6 Å². The summed E-state index contributed by atoms with van der Waals surface area (Å²) >= 11 is 5.80. The van der Waals surface area contributed by atoms with Crippen molar-refractivity contribution in [3.8, 4) is 5.75 Å². The highest BCUT2D eigenvalue weighted by Gasteiger charge is 2.29. The molecule has 2 atom stereocenters. The summed E-state index contributed by atoms with van der Waals surface area (Å²) in [6, 6.07) is 3.64. The molecule has 0 saturated carbocycles. The molecule has 0 spiro atoms. The van der Waals surface area contributed by atoms with Crippen molar-refractivity contribution >= 4 is 27.6 Å². The molecule has 0 radical (unpaired) electrons. The lowest BCUT2D eigenvalue weighted by Crippen LogP contribution is -2.33. The average Bonchev–Trinajstić information content (AvgIpc) is 2.86. The number of ether oxygens (including phenoxy) is 1. The minimum Gasteiger partial charge on any atom is -0.495 e. The van der Waals surface area contributed by atoms with Crippen molar-refractivity contribution in [2.75, 3.05) is 7.11 Å². The zero-order valence-corrected chi connectivity index (χ0v) is 12.7. The minimum absolute atomic E-state index is 0.0402. The Bertz CT molecular complexity index is 686. The average molecular weight is 332 g/mol. The van der Waals surface area contributed by atoms with Crippen LogP contribution < -0.4 is 9.46 Å². The first-order valence-corrected chi connectivity index (χ1v) is 7.96. The molecule has 2 rings (SSSR count). The quantitative estimate of drug-likeness (QED) is 0.800. The van der Waals surface area contributed by atoms with Gasteiger partial charge in [0.15, 0.2) is 0 Å². The largest absolute Gasteiger partial charge is 0.495 e. The van der Waals surface area contributed by atoms with Crippen LogP contribution in [0.5, 0.6) is 5.75 Å². The fourth-order valence-electron chi connectivity index (χ4n) is 2.10. The normalized spacial score (nSPS) is 21.4. The molecular formula is C13H14ClNO5S. The number of benzene rings is 1.